The Hall–Kier alpha value is -6.09. The molecule has 0 atom stereocenters. The third-order valence-electron chi connectivity index (χ3n) is 10.3. The van der Waals surface area contributed by atoms with Crippen molar-refractivity contribution in [1.29, 1.82) is 0 Å². The van der Waals surface area contributed by atoms with Crippen molar-refractivity contribution < 1.29 is 35.0 Å². The predicted molar refractivity (Wildman–Crippen MR) is 261 cm³/mol. The molecule has 0 radical (unpaired) electrons. The molecular weight excluding hydrogens is 817 g/mol. The van der Waals surface area contributed by atoms with Crippen LogP contribution in [0.25, 0.3) is 65.4 Å². The first-order valence-corrected chi connectivity index (χ1v) is 20.0. The number of anilines is 4. The van der Waals surface area contributed by atoms with Gasteiger partial charge < -0.3 is 16.1 Å². The molecule has 300 valence electrons. The van der Waals surface area contributed by atoms with E-state index in [0.29, 0.717) is 0 Å². The van der Waals surface area contributed by atoms with Gasteiger partial charge in [0.15, 0.2) is 0 Å². The summed E-state index contributed by atoms with van der Waals surface area (Å²) in [5, 5.41) is 14.5. The fourth-order valence-corrected chi connectivity index (χ4v) is 7.62. The summed E-state index contributed by atoms with van der Waals surface area (Å²) >= 11 is 6.33. The molecule has 6 nitrogen and oxygen atoms in total. The Balaban J connectivity index is 0.000000154. The van der Waals surface area contributed by atoms with E-state index in [0.717, 1.165) is 93.2 Å². The summed E-state index contributed by atoms with van der Waals surface area (Å²) in [6.07, 6.45) is 0. The second-order valence-corrected chi connectivity index (χ2v) is 14.9. The standard InChI is InChI=1S/2C20H16N2.C13H8ClN.ClH.Na.H2O/c2*1-14-10-12-15(13-11-14)21-20-16-6-2-4-8-18(16)22-19-9-5-3-7-17(19)20;14-13-9-5-1-3-7-11(9)15-12-8-4-2-6-10(12)13;;;/h2*2-13H,1H3,(H,21,22);1-8H;1H;;1H2/q;;;;+1;/p-1. The van der Waals surface area contributed by atoms with Gasteiger partial charge in [0, 0.05) is 43.7 Å². The molecule has 11 rings (SSSR count). The molecule has 3 aromatic heterocycles. The number of nitrogens with zero attached hydrogens (tertiary/aromatic N) is 3. The molecule has 0 aliphatic carbocycles. The monoisotopic (exact) mass is 857 g/mol. The van der Waals surface area contributed by atoms with Gasteiger partial charge in [-0.2, -0.15) is 0 Å². The van der Waals surface area contributed by atoms with Gasteiger partial charge in [-0.05, 0) is 74.5 Å². The number of aromatic nitrogens is 3. The van der Waals surface area contributed by atoms with E-state index >= 15 is 0 Å². The van der Waals surface area contributed by atoms with E-state index in [1.807, 2.05) is 72.8 Å². The predicted octanol–water partition coefficient (Wildman–Crippen LogP) is 12.2. The summed E-state index contributed by atoms with van der Waals surface area (Å²) < 4.78 is 0. The first kappa shape index (κ1) is 45.4. The number of hydrogen-bond donors (Lipinski definition) is 2. The molecule has 0 amide bonds. The van der Waals surface area contributed by atoms with Crippen LogP contribution in [0.4, 0.5) is 22.7 Å². The van der Waals surface area contributed by atoms with Gasteiger partial charge in [0.05, 0.1) is 49.5 Å². The van der Waals surface area contributed by atoms with Crippen molar-refractivity contribution in [3.63, 3.8) is 0 Å². The van der Waals surface area contributed by atoms with Gasteiger partial charge in [0.2, 0.25) is 0 Å². The Kier molecular flexibility index (Phi) is 15.1. The SMILES string of the molecule is Cc1ccc(Nc2c3ccccc3nc3ccccc23)cc1.Cc1ccc(Nc2c3ccccc3nc3ccccc23)cc1.Cl.Clc1c2ccccc2nc2ccccc12.[Na+].[OH-]. The summed E-state index contributed by atoms with van der Waals surface area (Å²) in [6.45, 7) is 4.20. The number of para-hydroxylation sites is 6. The van der Waals surface area contributed by atoms with Gasteiger partial charge in [0.1, 0.15) is 0 Å². The van der Waals surface area contributed by atoms with Crippen LogP contribution in [-0.2, 0) is 0 Å². The van der Waals surface area contributed by atoms with Crippen LogP contribution in [0.1, 0.15) is 11.1 Å². The zero-order valence-electron chi connectivity index (χ0n) is 34.6. The number of rotatable bonds is 4. The first-order valence-electron chi connectivity index (χ1n) is 19.6. The van der Waals surface area contributed by atoms with Crippen LogP contribution >= 0.6 is 24.0 Å². The topological polar surface area (TPSA) is 92.7 Å². The van der Waals surface area contributed by atoms with Crippen molar-refractivity contribution in [3.8, 4) is 0 Å². The maximum absolute atomic E-state index is 6.33. The summed E-state index contributed by atoms with van der Waals surface area (Å²) in [5.41, 5.74) is 12.9. The summed E-state index contributed by atoms with van der Waals surface area (Å²) in [7, 11) is 0. The molecule has 0 aliphatic rings. The smallest absolute Gasteiger partial charge is 0.870 e. The van der Waals surface area contributed by atoms with E-state index in [9.17, 15) is 0 Å². The summed E-state index contributed by atoms with van der Waals surface area (Å²) in [5.74, 6) is 0. The third kappa shape index (κ3) is 9.83. The number of benzene rings is 8. The van der Waals surface area contributed by atoms with Crippen molar-refractivity contribution in [1.82, 2.24) is 15.0 Å². The maximum Gasteiger partial charge on any atom is 1.00 e. The summed E-state index contributed by atoms with van der Waals surface area (Å²) in [4.78, 5) is 14.1. The van der Waals surface area contributed by atoms with Crippen molar-refractivity contribution in [2.75, 3.05) is 10.6 Å². The Bertz CT molecular complexity index is 2950. The van der Waals surface area contributed by atoms with Crippen LogP contribution in [0, 0.1) is 13.8 Å². The molecule has 0 aliphatic heterocycles. The van der Waals surface area contributed by atoms with Gasteiger partial charge >= 0.3 is 29.6 Å². The van der Waals surface area contributed by atoms with E-state index < -0.39 is 0 Å². The zero-order valence-corrected chi connectivity index (χ0v) is 38.1. The molecule has 0 saturated carbocycles. The molecule has 0 saturated heterocycles. The number of nitrogens with one attached hydrogen (secondary N) is 2. The quantitative estimate of drug-likeness (QED) is 0.135. The summed E-state index contributed by atoms with van der Waals surface area (Å²) in [6, 6.07) is 65.8. The molecule has 0 unspecified atom stereocenters. The minimum absolute atomic E-state index is 0. The number of fused-ring (bicyclic) bond motifs is 6. The normalized spacial score (nSPS) is 10.4. The average molecular weight is 859 g/mol. The molecule has 9 heteroatoms. The van der Waals surface area contributed by atoms with Crippen molar-refractivity contribution >= 4 is 112 Å². The molecular formula is C53H42Cl2N5NaO. The fourth-order valence-electron chi connectivity index (χ4n) is 7.30. The van der Waals surface area contributed by atoms with Gasteiger partial charge in [-0.25, -0.2) is 15.0 Å². The number of aryl methyl sites for hydroxylation is 2. The Labute approximate surface area is 394 Å². The van der Waals surface area contributed by atoms with E-state index in [1.165, 1.54) is 11.1 Å². The number of pyridine rings is 3. The number of halogens is 2. The van der Waals surface area contributed by atoms with Gasteiger partial charge in [-0.3, -0.25) is 0 Å². The van der Waals surface area contributed by atoms with E-state index in [-0.39, 0.29) is 47.4 Å². The largest absolute Gasteiger partial charge is 1.00 e. The van der Waals surface area contributed by atoms with Crippen molar-refractivity contribution in [3.05, 3.63) is 210 Å². The van der Waals surface area contributed by atoms with E-state index in [2.05, 4.69) is 151 Å². The third-order valence-corrected chi connectivity index (χ3v) is 10.7. The Morgan fingerprint density at radius 2 is 0.565 bits per heavy atom. The van der Waals surface area contributed by atoms with Gasteiger partial charge in [-0.15, -0.1) is 12.4 Å². The molecule has 0 spiro atoms. The fraction of sp³-hybridized carbons (Fsp3) is 0.0377. The van der Waals surface area contributed by atoms with E-state index in [4.69, 9.17) is 21.6 Å². The average Bonchev–Trinajstić information content (AvgIpc) is 3.28. The molecule has 62 heavy (non-hydrogen) atoms. The molecule has 3 heterocycles. The zero-order chi connectivity index (χ0) is 40.1. The van der Waals surface area contributed by atoms with Crippen LogP contribution in [0.2, 0.25) is 5.02 Å². The molecule has 8 aromatic carbocycles. The minimum atomic E-state index is 0. The molecule has 3 N–H and O–H groups in total. The number of hydrogen-bond acceptors (Lipinski definition) is 6. The molecule has 0 bridgehead atoms. The second-order valence-electron chi connectivity index (χ2n) is 14.5. The van der Waals surface area contributed by atoms with Crippen molar-refractivity contribution in [2.24, 2.45) is 0 Å². The van der Waals surface area contributed by atoms with Gasteiger partial charge in [0.25, 0.3) is 0 Å². The first-order chi connectivity index (χ1) is 29.0. The Morgan fingerprint density at radius 3 is 0.839 bits per heavy atom. The van der Waals surface area contributed by atoms with Crippen LogP contribution in [0.3, 0.4) is 0 Å². The second kappa shape index (κ2) is 20.6. The van der Waals surface area contributed by atoms with Crippen LogP contribution in [0.5, 0.6) is 0 Å². The maximum atomic E-state index is 6.33. The molecule has 11 aromatic rings. The van der Waals surface area contributed by atoms with Crippen LogP contribution < -0.4 is 40.2 Å². The minimum Gasteiger partial charge on any atom is -0.870 e. The van der Waals surface area contributed by atoms with Crippen LogP contribution in [-0.4, -0.2) is 20.4 Å². The molecule has 0 fully saturated rings. The van der Waals surface area contributed by atoms with Crippen LogP contribution in [0.15, 0.2) is 194 Å². The van der Waals surface area contributed by atoms with Crippen molar-refractivity contribution in [2.45, 2.75) is 13.8 Å². The van der Waals surface area contributed by atoms with E-state index in [1.54, 1.807) is 0 Å². The van der Waals surface area contributed by atoms with Gasteiger partial charge in [-0.1, -0.05) is 156 Å². The Morgan fingerprint density at radius 1 is 0.339 bits per heavy atom.